The molecule has 1 aromatic carbocycles. The molecule has 3 aromatic rings. The molecule has 0 spiro atoms. The highest BCUT2D eigenvalue weighted by Crippen LogP contribution is 2.25. The molecule has 0 radical (unpaired) electrons. The molecule has 0 aliphatic carbocycles. The Balaban J connectivity index is 1.87. The standard InChI is InChI=1S/C13H11N3OS/c1-16-7-6-12(15-16)14-13(17)11-8-9-4-2-3-5-10(9)18-11/h2-8H,1H3,(H,14,15,17). The number of nitrogens with one attached hydrogen (secondary N) is 1. The SMILES string of the molecule is Cn1ccc(NC(=O)c2cc3ccccc3s2)n1. The van der Waals surface area contributed by atoms with Crippen LogP contribution in [-0.2, 0) is 7.05 Å². The molecule has 0 saturated carbocycles. The van der Waals surface area contributed by atoms with E-state index in [4.69, 9.17) is 0 Å². The molecule has 0 atom stereocenters. The maximum absolute atomic E-state index is 12.0. The summed E-state index contributed by atoms with van der Waals surface area (Å²) in [5.41, 5.74) is 0. The van der Waals surface area contributed by atoms with E-state index in [0.717, 1.165) is 10.1 Å². The average Bonchev–Trinajstić information content (AvgIpc) is 2.95. The molecule has 0 bridgehead atoms. The van der Waals surface area contributed by atoms with E-state index in [1.165, 1.54) is 11.3 Å². The van der Waals surface area contributed by atoms with Crippen molar-refractivity contribution in [3.8, 4) is 0 Å². The number of hydrogen-bond donors (Lipinski definition) is 1. The first-order valence-electron chi connectivity index (χ1n) is 5.52. The van der Waals surface area contributed by atoms with Crippen molar-refractivity contribution in [2.24, 2.45) is 7.05 Å². The minimum absolute atomic E-state index is 0.116. The first kappa shape index (κ1) is 11.0. The van der Waals surface area contributed by atoms with Gasteiger partial charge in [0, 0.05) is 24.0 Å². The van der Waals surface area contributed by atoms with Crippen LogP contribution in [0.2, 0.25) is 0 Å². The zero-order chi connectivity index (χ0) is 12.5. The maximum Gasteiger partial charge on any atom is 0.266 e. The molecule has 3 rings (SSSR count). The highest BCUT2D eigenvalue weighted by Gasteiger charge is 2.11. The Hall–Kier alpha value is -2.14. The number of fused-ring (bicyclic) bond motifs is 1. The van der Waals surface area contributed by atoms with Crippen LogP contribution in [0.4, 0.5) is 5.82 Å². The monoisotopic (exact) mass is 257 g/mol. The Morgan fingerprint density at radius 2 is 2.17 bits per heavy atom. The molecule has 0 unspecified atom stereocenters. The number of nitrogens with zero attached hydrogens (tertiary/aromatic N) is 2. The van der Waals surface area contributed by atoms with E-state index >= 15 is 0 Å². The van der Waals surface area contributed by atoms with Gasteiger partial charge in [0.05, 0.1) is 4.88 Å². The summed E-state index contributed by atoms with van der Waals surface area (Å²) >= 11 is 1.48. The number of anilines is 1. The Morgan fingerprint density at radius 1 is 1.33 bits per heavy atom. The van der Waals surface area contributed by atoms with E-state index in [9.17, 15) is 4.79 Å². The minimum atomic E-state index is -0.116. The van der Waals surface area contributed by atoms with E-state index in [2.05, 4.69) is 10.4 Å². The molecule has 0 aliphatic heterocycles. The van der Waals surface area contributed by atoms with E-state index < -0.39 is 0 Å². The largest absolute Gasteiger partial charge is 0.304 e. The third-order valence-corrected chi connectivity index (χ3v) is 3.72. The fraction of sp³-hybridized carbons (Fsp3) is 0.0769. The minimum Gasteiger partial charge on any atom is -0.304 e. The number of carbonyl (C=O) groups is 1. The molecule has 4 nitrogen and oxygen atoms in total. The molecule has 5 heteroatoms. The van der Waals surface area contributed by atoms with Gasteiger partial charge in [0.1, 0.15) is 0 Å². The van der Waals surface area contributed by atoms with Crippen LogP contribution in [0.1, 0.15) is 9.67 Å². The second-order valence-electron chi connectivity index (χ2n) is 3.98. The number of thiophene rings is 1. The number of hydrogen-bond acceptors (Lipinski definition) is 3. The average molecular weight is 257 g/mol. The van der Waals surface area contributed by atoms with Gasteiger partial charge < -0.3 is 5.32 Å². The number of amides is 1. The molecule has 2 heterocycles. The number of benzene rings is 1. The number of aryl methyl sites for hydroxylation is 1. The van der Waals surface area contributed by atoms with Crippen LogP contribution in [0.5, 0.6) is 0 Å². The van der Waals surface area contributed by atoms with Crippen molar-refractivity contribution in [1.82, 2.24) is 9.78 Å². The zero-order valence-corrected chi connectivity index (χ0v) is 10.6. The van der Waals surface area contributed by atoms with Crippen molar-refractivity contribution in [1.29, 1.82) is 0 Å². The predicted molar refractivity (Wildman–Crippen MR) is 73.0 cm³/mol. The van der Waals surface area contributed by atoms with Crippen LogP contribution in [0.25, 0.3) is 10.1 Å². The Morgan fingerprint density at radius 3 is 2.89 bits per heavy atom. The van der Waals surface area contributed by atoms with Gasteiger partial charge in [-0.3, -0.25) is 9.48 Å². The zero-order valence-electron chi connectivity index (χ0n) is 9.75. The molecular weight excluding hydrogens is 246 g/mol. The Kier molecular flexibility index (Phi) is 2.60. The van der Waals surface area contributed by atoms with Crippen LogP contribution < -0.4 is 5.32 Å². The predicted octanol–water partition coefficient (Wildman–Crippen LogP) is 2.89. The van der Waals surface area contributed by atoms with Gasteiger partial charge in [-0.1, -0.05) is 18.2 Å². The van der Waals surface area contributed by atoms with E-state index in [0.29, 0.717) is 10.7 Å². The summed E-state index contributed by atoms with van der Waals surface area (Å²) in [6, 6.07) is 11.6. The van der Waals surface area contributed by atoms with Crippen molar-refractivity contribution in [2.75, 3.05) is 5.32 Å². The summed E-state index contributed by atoms with van der Waals surface area (Å²) in [7, 11) is 1.81. The third-order valence-electron chi connectivity index (χ3n) is 2.60. The van der Waals surface area contributed by atoms with Gasteiger partial charge in [0.25, 0.3) is 5.91 Å². The highest BCUT2D eigenvalue weighted by atomic mass is 32.1. The maximum atomic E-state index is 12.0. The topological polar surface area (TPSA) is 46.9 Å². The lowest BCUT2D eigenvalue weighted by Gasteiger charge is -1.97. The van der Waals surface area contributed by atoms with Gasteiger partial charge in [-0.05, 0) is 17.5 Å². The molecule has 0 saturated heterocycles. The number of rotatable bonds is 2. The number of carbonyl (C=O) groups excluding carboxylic acids is 1. The van der Waals surface area contributed by atoms with Gasteiger partial charge in [-0.25, -0.2) is 0 Å². The van der Waals surface area contributed by atoms with E-state index in [-0.39, 0.29) is 5.91 Å². The van der Waals surface area contributed by atoms with E-state index in [1.54, 1.807) is 16.9 Å². The Bertz CT molecular complexity index is 681. The smallest absolute Gasteiger partial charge is 0.266 e. The molecule has 18 heavy (non-hydrogen) atoms. The van der Waals surface area contributed by atoms with Gasteiger partial charge in [-0.15, -0.1) is 11.3 Å². The summed E-state index contributed by atoms with van der Waals surface area (Å²) in [5, 5.41) is 7.99. The van der Waals surface area contributed by atoms with E-state index in [1.807, 2.05) is 37.4 Å². The summed E-state index contributed by atoms with van der Waals surface area (Å²) in [4.78, 5) is 12.7. The van der Waals surface area contributed by atoms with Crippen LogP contribution in [0.15, 0.2) is 42.6 Å². The highest BCUT2D eigenvalue weighted by molar-refractivity contribution is 7.20. The summed E-state index contributed by atoms with van der Waals surface area (Å²) in [6.07, 6.45) is 1.79. The molecule has 0 aliphatic rings. The lowest BCUT2D eigenvalue weighted by Crippen LogP contribution is -2.10. The fourth-order valence-electron chi connectivity index (χ4n) is 1.75. The lowest BCUT2D eigenvalue weighted by atomic mass is 10.2. The lowest BCUT2D eigenvalue weighted by molar-refractivity contribution is 0.103. The van der Waals surface area contributed by atoms with Gasteiger partial charge in [0.2, 0.25) is 0 Å². The Labute approximate surface area is 108 Å². The van der Waals surface area contributed by atoms with Crippen molar-refractivity contribution < 1.29 is 4.79 Å². The quantitative estimate of drug-likeness (QED) is 0.767. The van der Waals surface area contributed by atoms with Crippen LogP contribution in [0, 0.1) is 0 Å². The van der Waals surface area contributed by atoms with Crippen LogP contribution in [0.3, 0.4) is 0 Å². The first-order chi connectivity index (χ1) is 8.72. The van der Waals surface area contributed by atoms with Gasteiger partial charge in [0.15, 0.2) is 5.82 Å². The van der Waals surface area contributed by atoms with Crippen LogP contribution >= 0.6 is 11.3 Å². The normalized spacial score (nSPS) is 10.7. The third kappa shape index (κ3) is 2.00. The molecule has 0 fully saturated rings. The molecular formula is C13H11N3OS. The molecule has 2 aromatic heterocycles. The molecule has 1 N–H and O–H groups in total. The number of aromatic nitrogens is 2. The summed E-state index contributed by atoms with van der Waals surface area (Å²) < 4.78 is 2.77. The van der Waals surface area contributed by atoms with Crippen molar-refractivity contribution in [3.63, 3.8) is 0 Å². The van der Waals surface area contributed by atoms with Gasteiger partial charge in [-0.2, -0.15) is 5.10 Å². The molecule has 1 amide bonds. The second-order valence-corrected chi connectivity index (χ2v) is 5.06. The first-order valence-corrected chi connectivity index (χ1v) is 6.33. The second kappa shape index (κ2) is 4.27. The van der Waals surface area contributed by atoms with Crippen LogP contribution in [-0.4, -0.2) is 15.7 Å². The molecule has 90 valence electrons. The fourth-order valence-corrected chi connectivity index (χ4v) is 2.71. The van der Waals surface area contributed by atoms with Gasteiger partial charge >= 0.3 is 0 Å². The van der Waals surface area contributed by atoms with Crippen molar-refractivity contribution >= 4 is 33.1 Å². The van der Waals surface area contributed by atoms with Crippen molar-refractivity contribution in [3.05, 3.63) is 47.5 Å². The van der Waals surface area contributed by atoms with Crippen molar-refractivity contribution in [2.45, 2.75) is 0 Å². The summed E-state index contributed by atoms with van der Waals surface area (Å²) in [6.45, 7) is 0. The summed E-state index contributed by atoms with van der Waals surface area (Å²) in [5.74, 6) is 0.454.